The minimum Gasteiger partial charge on any atom is -0.361 e. The smallest absolute Gasteiger partial charge is 0.246 e. The molecule has 1 aromatic heterocycles. The summed E-state index contributed by atoms with van der Waals surface area (Å²) in [5, 5.41) is 3.93. The second-order valence-corrected chi connectivity index (χ2v) is 6.05. The van der Waals surface area contributed by atoms with Gasteiger partial charge in [0.1, 0.15) is 12.1 Å². The van der Waals surface area contributed by atoms with Crippen LogP contribution in [-0.2, 0) is 16.0 Å². The first-order valence-electron chi connectivity index (χ1n) is 7.56. The molecule has 0 spiro atoms. The van der Waals surface area contributed by atoms with E-state index in [0.717, 1.165) is 16.5 Å². The second kappa shape index (κ2) is 4.84. The van der Waals surface area contributed by atoms with E-state index < -0.39 is 12.1 Å². The van der Waals surface area contributed by atoms with Crippen LogP contribution in [0, 0.1) is 0 Å². The molecule has 22 heavy (non-hydrogen) atoms. The molecule has 4 rings (SSSR count). The van der Waals surface area contributed by atoms with Gasteiger partial charge in [0.2, 0.25) is 11.8 Å². The van der Waals surface area contributed by atoms with E-state index in [1.165, 1.54) is 0 Å². The molecule has 0 saturated carbocycles. The molecule has 0 radical (unpaired) electrons. The van der Waals surface area contributed by atoms with Crippen LogP contribution in [0.3, 0.4) is 0 Å². The average Bonchev–Trinajstić information content (AvgIpc) is 3.09. The molecule has 2 aromatic rings. The van der Waals surface area contributed by atoms with Crippen molar-refractivity contribution in [3.05, 3.63) is 36.0 Å². The number of hydrogen-bond acceptors (Lipinski definition) is 3. The molecule has 2 aliphatic heterocycles. The first-order chi connectivity index (χ1) is 10.6. The summed E-state index contributed by atoms with van der Waals surface area (Å²) in [6.45, 7) is 0.572. The van der Waals surface area contributed by atoms with Crippen molar-refractivity contribution in [1.82, 2.24) is 15.2 Å². The largest absolute Gasteiger partial charge is 0.361 e. The monoisotopic (exact) mass is 298 g/mol. The number of nitrogens with two attached hydrogens (primary N) is 1. The van der Waals surface area contributed by atoms with Crippen LogP contribution in [0.1, 0.15) is 12.0 Å². The van der Waals surface area contributed by atoms with E-state index >= 15 is 0 Å². The standard InChI is InChI=1S/C16H18N4O2/c17-11-5-6-20-14(11)15(21)19-13(16(20)22)7-9-8-18-12-4-2-1-3-10(9)12/h1-4,8,11,13-14,18H,5-7,17H2,(H,19,21)/t11-,13+,14-/m0/s1. The number of H-pyrrole nitrogens is 1. The zero-order chi connectivity index (χ0) is 15.3. The van der Waals surface area contributed by atoms with Crippen molar-refractivity contribution in [2.75, 3.05) is 6.54 Å². The summed E-state index contributed by atoms with van der Waals surface area (Å²) >= 11 is 0. The van der Waals surface area contributed by atoms with Crippen LogP contribution >= 0.6 is 0 Å². The zero-order valence-corrected chi connectivity index (χ0v) is 12.1. The molecule has 1 aromatic carbocycles. The normalized spacial score (nSPS) is 28.0. The molecule has 6 heteroatoms. The number of carbonyl (C=O) groups excluding carboxylic acids is 2. The van der Waals surface area contributed by atoms with Crippen molar-refractivity contribution in [3.8, 4) is 0 Å². The maximum absolute atomic E-state index is 12.6. The van der Waals surface area contributed by atoms with Gasteiger partial charge in [-0.3, -0.25) is 9.59 Å². The molecule has 2 aliphatic rings. The third kappa shape index (κ3) is 1.91. The van der Waals surface area contributed by atoms with Gasteiger partial charge in [-0.1, -0.05) is 18.2 Å². The number of benzene rings is 1. The summed E-state index contributed by atoms with van der Waals surface area (Å²) in [7, 11) is 0. The van der Waals surface area contributed by atoms with Crippen molar-refractivity contribution in [2.24, 2.45) is 5.73 Å². The number of aromatic nitrogens is 1. The fourth-order valence-corrected chi connectivity index (χ4v) is 3.58. The maximum Gasteiger partial charge on any atom is 0.246 e. The molecular formula is C16H18N4O2. The van der Waals surface area contributed by atoms with Crippen LogP contribution < -0.4 is 11.1 Å². The summed E-state index contributed by atoms with van der Waals surface area (Å²) in [6.07, 6.45) is 3.09. The van der Waals surface area contributed by atoms with Crippen LogP contribution in [0.5, 0.6) is 0 Å². The highest BCUT2D eigenvalue weighted by Gasteiger charge is 2.46. The lowest BCUT2D eigenvalue weighted by atomic mass is 9.99. The number of hydrogen-bond donors (Lipinski definition) is 3. The van der Waals surface area contributed by atoms with Gasteiger partial charge in [0.25, 0.3) is 0 Å². The fourth-order valence-electron chi connectivity index (χ4n) is 3.58. The number of amides is 2. The van der Waals surface area contributed by atoms with E-state index in [1.807, 2.05) is 30.5 Å². The molecule has 0 bridgehead atoms. The lowest BCUT2D eigenvalue weighted by molar-refractivity contribution is -0.147. The highest BCUT2D eigenvalue weighted by atomic mass is 16.2. The van der Waals surface area contributed by atoms with E-state index in [1.54, 1.807) is 4.90 Å². The Morgan fingerprint density at radius 3 is 2.95 bits per heavy atom. The zero-order valence-electron chi connectivity index (χ0n) is 12.1. The second-order valence-electron chi connectivity index (χ2n) is 6.05. The van der Waals surface area contributed by atoms with Crippen molar-refractivity contribution < 1.29 is 9.59 Å². The number of para-hydroxylation sites is 1. The van der Waals surface area contributed by atoms with Crippen LogP contribution in [-0.4, -0.2) is 46.4 Å². The molecule has 0 aliphatic carbocycles. The SMILES string of the molecule is N[C@H]1CCN2C(=O)[C@@H](Cc3c[nH]c4ccccc34)NC(=O)[C@H]12. The van der Waals surface area contributed by atoms with E-state index in [0.29, 0.717) is 19.4 Å². The molecule has 2 saturated heterocycles. The first-order valence-corrected chi connectivity index (χ1v) is 7.56. The van der Waals surface area contributed by atoms with Crippen molar-refractivity contribution >= 4 is 22.7 Å². The van der Waals surface area contributed by atoms with Gasteiger partial charge in [-0.2, -0.15) is 0 Å². The Hall–Kier alpha value is -2.34. The van der Waals surface area contributed by atoms with Gasteiger partial charge in [-0.05, 0) is 18.1 Å². The molecule has 4 N–H and O–H groups in total. The number of nitrogens with zero attached hydrogens (tertiary/aromatic N) is 1. The van der Waals surface area contributed by atoms with Crippen LogP contribution in [0.25, 0.3) is 10.9 Å². The van der Waals surface area contributed by atoms with Crippen LogP contribution in [0.15, 0.2) is 30.5 Å². The molecule has 6 nitrogen and oxygen atoms in total. The van der Waals surface area contributed by atoms with Crippen LogP contribution in [0.4, 0.5) is 0 Å². The van der Waals surface area contributed by atoms with Crippen LogP contribution in [0.2, 0.25) is 0 Å². The number of rotatable bonds is 2. The molecule has 2 fully saturated rings. The quantitative estimate of drug-likeness (QED) is 0.736. The predicted octanol–water partition coefficient (Wildman–Crippen LogP) is 0.137. The number of aromatic amines is 1. The van der Waals surface area contributed by atoms with Gasteiger partial charge in [0, 0.05) is 36.1 Å². The Morgan fingerprint density at radius 2 is 2.09 bits per heavy atom. The molecular weight excluding hydrogens is 280 g/mol. The summed E-state index contributed by atoms with van der Waals surface area (Å²) in [5.41, 5.74) is 8.01. The topological polar surface area (TPSA) is 91.2 Å². The lowest BCUT2D eigenvalue weighted by Gasteiger charge is -2.35. The fraction of sp³-hybridized carbons (Fsp3) is 0.375. The van der Waals surface area contributed by atoms with Crippen molar-refractivity contribution in [2.45, 2.75) is 31.0 Å². The third-order valence-electron chi connectivity index (χ3n) is 4.71. The summed E-state index contributed by atoms with van der Waals surface area (Å²) in [6, 6.07) is 6.70. The van der Waals surface area contributed by atoms with E-state index in [2.05, 4.69) is 10.3 Å². The molecule has 3 heterocycles. The summed E-state index contributed by atoms with van der Waals surface area (Å²) in [4.78, 5) is 29.7. The summed E-state index contributed by atoms with van der Waals surface area (Å²) in [5.74, 6) is -0.155. The van der Waals surface area contributed by atoms with Gasteiger partial charge >= 0.3 is 0 Å². The maximum atomic E-state index is 12.6. The lowest BCUT2D eigenvalue weighted by Crippen LogP contribution is -2.64. The number of nitrogens with one attached hydrogen (secondary N) is 2. The van der Waals surface area contributed by atoms with Crippen molar-refractivity contribution in [1.29, 1.82) is 0 Å². The molecule has 0 unspecified atom stereocenters. The number of fused-ring (bicyclic) bond motifs is 2. The number of piperazine rings is 1. The minimum absolute atomic E-state index is 0.0252. The van der Waals surface area contributed by atoms with Gasteiger partial charge in [0.05, 0.1) is 0 Å². The highest BCUT2D eigenvalue weighted by Crippen LogP contribution is 2.25. The van der Waals surface area contributed by atoms with E-state index in [4.69, 9.17) is 5.73 Å². The minimum atomic E-state index is -0.506. The Bertz CT molecular complexity index is 753. The average molecular weight is 298 g/mol. The van der Waals surface area contributed by atoms with Gasteiger partial charge in [-0.25, -0.2) is 0 Å². The Balaban J connectivity index is 1.61. The van der Waals surface area contributed by atoms with Crippen molar-refractivity contribution in [3.63, 3.8) is 0 Å². The third-order valence-corrected chi connectivity index (χ3v) is 4.71. The van der Waals surface area contributed by atoms with Gasteiger partial charge in [-0.15, -0.1) is 0 Å². The van der Waals surface area contributed by atoms with Gasteiger partial charge < -0.3 is 20.9 Å². The highest BCUT2D eigenvalue weighted by molar-refractivity contribution is 5.98. The first kappa shape index (κ1) is 13.3. The van der Waals surface area contributed by atoms with E-state index in [-0.39, 0.29) is 17.9 Å². The molecule has 114 valence electrons. The van der Waals surface area contributed by atoms with E-state index in [9.17, 15) is 9.59 Å². The summed E-state index contributed by atoms with van der Waals surface area (Å²) < 4.78 is 0. The van der Waals surface area contributed by atoms with Gasteiger partial charge in [0.15, 0.2) is 0 Å². The Labute approximate surface area is 127 Å². The predicted molar refractivity (Wildman–Crippen MR) is 82.0 cm³/mol. The number of carbonyl (C=O) groups is 2. The Kier molecular flexibility index (Phi) is 2.94. The Morgan fingerprint density at radius 1 is 1.27 bits per heavy atom. The molecule has 2 amide bonds. The molecule has 3 atom stereocenters.